The van der Waals surface area contributed by atoms with E-state index in [1.54, 1.807) is 24.4 Å². The minimum absolute atomic E-state index is 0.129. The predicted molar refractivity (Wildman–Crippen MR) is 119 cm³/mol. The van der Waals surface area contributed by atoms with E-state index >= 15 is 0 Å². The van der Waals surface area contributed by atoms with Gasteiger partial charge in [-0.15, -0.1) is 0 Å². The van der Waals surface area contributed by atoms with Crippen LogP contribution in [-0.4, -0.2) is 18.7 Å². The molecular formula is C24H19ClN2O2. The lowest BCUT2D eigenvalue weighted by Crippen LogP contribution is -2.24. The topological polar surface area (TPSA) is 50.7 Å². The molecule has 0 aliphatic heterocycles. The van der Waals surface area contributed by atoms with Crippen molar-refractivity contribution >= 4 is 45.3 Å². The fraction of sp³-hybridized carbons (Fsp3) is 0.0833. The second-order valence-electron chi connectivity index (χ2n) is 6.72. The number of hydrazone groups is 1. The highest BCUT2D eigenvalue weighted by Crippen LogP contribution is 2.27. The summed E-state index contributed by atoms with van der Waals surface area (Å²) in [4.78, 5) is 12.1. The molecule has 0 radical (unpaired) electrons. The van der Waals surface area contributed by atoms with Crippen LogP contribution in [0.25, 0.3) is 21.5 Å². The van der Waals surface area contributed by atoms with E-state index in [1.807, 2.05) is 31.2 Å². The molecule has 0 unspecified atom stereocenters. The minimum Gasteiger partial charge on any atom is -0.483 e. The molecule has 5 heteroatoms. The van der Waals surface area contributed by atoms with Crippen LogP contribution < -0.4 is 10.2 Å². The second kappa shape index (κ2) is 8.33. The summed E-state index contributed by atoms with van der Waals surface area (Å²) < 4.78 is 5.55. The number of aryl methyl sites for hydroxylation is 1. The van der Waals surface area contributed by atoms with Gasteiger partial charge in [0.05, 0.1) is 6.21 Å². The number of hydrogen-bond donors (Lipinski definition) is 1. The predicted octanol–water partition coefficient (Wildman–Crippen LogP) is 5.48. The molecule has 0 fully saturated rings. The lowest BCUT2D eigenvalue weighted by atomic mass is 9.97. The van der Waals surface area contributed by atoms with Gasteiger partial charge < -0.3 is 4.74 Å². The van der Waals surface area contributed by atoms with E-state index in [-0.39, 0.29) is 12.5 Å². The molecule has 1 N–H and O–H groups in total. The van der Waals surface area contributed by atoms with Gasteiger partial charge in [0.1, 0.15) is 5.75 Å². The Labute approximate surface area is 173 Å². The monoisotopic (exact) mass is 402 g/mol. The average molecular weight is 403 g/mol. The summed E-state index contributed by atoms with van der Waals surface area (Å²) in [5.41, 5.74) is 4.38. The summed E-state index contributed by atoms with van der Waals surface area (Å²) in [6.07, 6.45) is 1.69. The van der Waals surface area contributed by atoms with Gasteiger partial charge >= 0.3 is 0 Å². The number of nitrogens with one attached hydrogen (secondary N) is 1. The number of carbonyl (C=O) groups excluding carboxylic acids is 1. The highest BCUT2D eigenvalue weighted by molar-refractivity contribution is 6.30. The van der Waals surface area contributed by atoms with Crippen molar-refractivity contribution in [2.24, 2.45) is 5.10 Å². The standard InChI is InChI=1S/C24H19ClN2O2/c1-16-12-19(25)10-11-23(16)29-15-24(28)27-26-14-22-20-8-4-2-6-17(20)13-18-7-3-5-9-21(18)22/h2-14H,15H2,1H3,(H,27,28)/b26-14+. The molecule has 0 aliphatic rings. The second-order valence-corrected chi connectivity index (χ2v) is 7.16. The van der Waals surface area contributed by atoms with Crippen molar-refractivity contribution in [1.82, 2.24) is 5.43 Å². The van der Waals surface area contributed by atoms with Crippen molar-refractivity contribution in [2.75, 3.05) is 6.61 Å². The third-order valence-corrected chi connectivity index (χ3v) is 4.93. The van der Waals surface area contributed by atoms with Gasteiger partial charge in [-0.3, -0.25) is 4.79 Å². The molecule has 29 heavy (non-hydrogen) atoms. The number of fused-ring (bicyclic) bond motifs is 2. The smallest absolute Gasteiger partial charge is 0.277 e. The number of benzene rings is 4. The quantitative estimate of drug-likeness (QED) is 0.273. The molecule has 0 heterocycles. The number of nitrogens with zero attached hydrogens (tertiary/aromatic N) is 1. The minimum atomic E-state index is -0.333. The molecule has 0 saturated heterocycles. The zero-order valence-electron chi connectivity index (χ0n) is 15.9. The lowest BCUT2D eigenvalue weighted by Gasteiger charge is -2.09. The zero-order chi connectivity index (χ0) is 20.2. The van der Waals surface area contributed by atoms with E-state index < -0.39 is 0 Å². The van der Waals surface area contributed by atoms with E-state index in [0.29, 0.717) is 10.8 Å². The van der Waals surface area contributed by atoms with Gasteiger partial charge in [0.25, 0.3) is 5.91 Å². The number of hydrogen-bond acceptors (Lipinski definition) is 3. The first kappa shape index (κ1) is 19.0. The Hall–Kier alpha value is -3.37. The summed E-state index contributed by atoms with van der Waals surface area (Å²) in [5, 5.41) is 9.21. The molecule has 0 bridgehead atoms. The van der Waals surface area contributed by atoms with Crippen LogP contribution in [0.1, 0.15) is 11.1 Å². The molecule has 4 aromatic carbocycles. The van der Waals surface area contributed by atoms with E-state index in [1.165, 1.54) is 0 Å². The Morgan fingerprint density at radius 2 is 1.66 bits per heavy atom. The third kappa shape index (κ3) is 4.23. The van der Waals surface area contributed by atoms with Gasteiger partial charge in [0.15, 0.2) is 6.61 Å². The molecule has 4 rings (SSSR count). The van der Waals surface area contributed by atoms with Gasteiger partial charge in [-0.1, -0.05) is 60.1 Å². The maximum atomic E-state index is 12.1. The highest BCUT2D eigenvalue weighted by atomic mass is 35.5. The zero-order valence-corrected chi connectivity index (χ0v) is 16.6. The Morgan fingerprint density at radius 1 is 1.00 bits per heavy atom. The molecule has 144 valence electrons. The Morgan fingerprint density at radius 3 is 2.31 bits per heavy atom. The summed E-state index contributed by atoms with van der Waals surface area (Å²) >= 11 is 5.94. The summed E-state index contributed by atoms with van der Waals surface area (Å²) in [6.45, 7) is 1.75. The van der Waals surface area contributed by atoms with Crippen molar-refractivity contribution in [3.8, 4) is 5.75 Å². The van der Waals surface area contributed by atoms with Crippen LogP contribution in [-0.2, 0) is 4.79 Å². The number of carbonyl (C=O) groups is 1. The fourth-order valence-corrected chi connectivity index (χ4v) is 3.53. The molecule has 0 saturated carbocycles. The maximum Gasteiger partial charge on any atom is 0.277 e. The van der Waals surface area contributed by atoms with E-state index in [4.69, 9.17) is 16.3 Å². The fourth-order valence-electron chi connectivity index (χ4n) is 3.31. The molecule has 0 aliphatic carbocycles. The normalized spacial score (nSPS) is 11.2. The van der Waals surface area contributed by atoms with Gasteiger partial charge in [-0.05, 0) is 58.3 Å². The van der Waals surface area contributed by atoms with Crippen LogP contribution in [0.2, 0.25) is 5.02 Å². The van der Waals surface area contributed by atoms with Crippen LogP contribution in [0.4, 0.5) is 0 Å². The largest absolute Gasteiger partial charge is 0.483 e. The number of rotatable bonds is 5. The van der Waals surface area contributed by atoms with Crippen molar-refractivity contribution in [3.63, 3.8) is 0 Å². The van der Waals surface area contributed by atoms with E-state index in [9.17, 15) is 4.79 Å². The molecule has 0 aromatic heterocycles. The van der Waals surface area contributed by atoms with Crippen LogP contribution in [0.15, 0.2) is 77.9 Å². The van der Waals surface area contributed by atoms with Gasteiger partial charge in [-0.25, -0.2) is 5.43 Å². The third-order valence-electron chi connectivity index (χ3n) is 4.69. The van der Waals surface area contributed by atoms with E-state index in [0.717, 1.165) is 32.7 Å². The van der Waals surface area contributed by atoms with E-state index in [2.05, 4.69) is 40.9 Å². The maximum absolute atomic E-state index is 12.1. The van der Waals surface area contributed by atoms with Crippen molar-refractivity contribution in [1.29, 1.82) is 0 Å². The molecule has 1 amide bonds. The Kier molecular flexibility index (Phi) is 5.45. The lowest BCUT2D eigenvalue weighted by molar-refractivity contribution is -0.123. The Balaban J connectivity index is 1.51. The van der Waals surface area contributed by atoms with Crippen molar-refractivity contribution in [3.05, 3.63) is 88.9 Å². The molecule has 0 atom stereocenters. The molecule has 4 aromatic rings. The number of ether oxygens (including phenoxy) is 1. The summed E-state index contributed by atoms with van der Waals surface area (Å²) in [7, 11) is 0. The van der Waals surface area contributed by atoms with Crippen molar-refractivity contribution < 1.29 is 9.53 Å². The van der Waals surface area contributed by atoms with Gasteiger partial charge in [-0.2, -0.15) is 5.10 Å². The van der Waals surface area contributed by atoms with Crippen molar-refractivity contribution in [2.45, 2.75) is 6.92 Å². The first-order chi connectivity index (χ1) is 14.1. The van der Waals surface area contributed by atoms with Gasteiger partial charge in [0, 0.05) is 10.6 Å². The van der Waals surface area contributed by atoms with Crippen LogP contribution in [0, 0.1) is 6.92 Å². The number of halogens is 1. The van der Waals surface area contributed by atoms with Crippen LogP contribution in [0.3, 0.4) is 0 Å². The molecule has 4 nitrogen and oxygen atoms in total. The van der Waals surface area contributed by atoms with Crippen LogP contribution in [0.5, 0.6) is 5.75 Å². The summed E-state index contributed by atoms with van der Waals surface area (Å²) in [5.74, 6) is 0.286. The van der Waals surface area contributed by atoms with Crippen LogP contribution >= 0.6 is 11.6 Å². The Bertz CT molecular complexity index is 1180. The number of amides is 1. The highest BCUT2D eigenvalue weighted by Gasteiger charge is 2.07. The first-order valence-corrected chi connectivity index (χ1v) is 9.61. The first-order valence-electron chi connectivity index (χ1n) is 9.23. The molecule has 0 spiro atoms. The SMILES string of the molecule is Cc1cc(Cl)ccc1OCC(=O)N/N=C/c1c2ccccc2cc2ccccc12. The van der Waals surface area contributed by atoms with Gasteiger partial charge in [0.2, 0.25) is 0 Å². The molecular weight excluding hydrogens is 384 g/mol. The summed E-state index contributed by atoms with van der Waals surface area (Å²) in [6, 6.07) is 23.7. The average Bonchev–Trinajstić information content (AvgIpc) is 2.72.